The van der Waals surface area contributed by atoms with Gasteiger partial charge >= 0.3 is 5.97 Å². The summed E-state index contributed by atoms with van der Waals surface area (Å²) in [4.78, 5) is 20.7. The number of aromatic nitrogens is 3. The molecule has 0 saturated heterocycles. The van der Waals surface area contributed by atoms with Gasteiger partial charge in [0.1, 0.15) is 6.61 Å². The summed E-state index contributed by atoms with van der Waals surface area (Å²) >= 11 is 0. The van der Waals surface area contributed by atoms with Crippen LogP contribution in [0.2, 0.25) is 0 Å². The summed E-state index contributed by atoms with van der Waals surface area (Å²) < 4.78 is 21.4. The molecular weight excluding hydrogens is 362 g/mol. The third-order valence-electron chi connectivity index (χ3n) is 3.75. The van der Waals surface area contributed by atoms with E-state index in [0.29, 0.717) is 35.1 Å². The van der Waals surface area contributed by atoms with Gasteiger partial charge in [0, 0.05) is 18.0 Å². The molecule has 3 rings (SSSR count). The SMILES string of the molecule is C=CCOc1ccc(C(=O)OC(C)c2nc(-c3cccnc3)no2)cc1OC. The second-order valence-corrected chi connectivity index (χ2v) is 5.71. The number of pyridine rings is 1. The van der Waals surface area contributed by atoms with Gasteiger partial charge in [-0.1, -0.05) is 17.8 Å². The van der Waals surface area contributed by atoms with E-state index in [1.54, 1.807) is 55.7 Å². The quantitative estimate of drug-likeness (QED) is 0.431. The number of carbonyl (C=O) groups excluding carboxylic acids is 1. The van der Waals surface area contributed by atoms with Gasteiger partial charge < -0.3 is 18.7 Å². The van der Waals surface area contributed by atoms with Crippen molar-refractivity contribution in [3.63, 3.8) is 0 Å². The van der Waals surface area contributed by atoms with Crippen LogP contribution in [-0.4, -0.2) is 34.8 Å². The van der Waals surface area contributed by atoms with Crippen LogP contribution in [-0.2, 0) is 4.74 Å². The van der Waals surface area contributed by atoms with Crippen molar-refractivity contribution in [1.29, 1.82) is 0 Å². The van der Waals surface area contributed by atoms with Gasteiger partial charge in [-0.3, -0.25) is 4.98 Å². The highest BCUT2D eigenvalue weighted by atomic mass is 16.6. The molecule has 0 saturated carbocycles. The van der Waals surface area contributed by atoms with Crippen LogP contribution in [0.4, 0.5) is 0 Å². The van der Waals surface area contributed by atoms with Crippen molar-refractivity contribution in [3.8, 4) is 22.9 Å². The Morgan fingerprint density at radius 2 is 2.18 bits per heavy atom. The molecule has 2 heterocycles. The van der Waals surface area contributed by atoms with Crippen LogP contribution in [0, 0.1) is 0 Å². The zero-order chi connectivity index (χ0) is 19.9. The van der Waals surface area contributed by atoms with E-state index in [1.807, 2.05) is 0 Å². The molecule has 0 aliphatic heterocycles. The summed E-state index contributed by atoms with van der Waals surface area (Å²) in [5.74, 6) is 0.925. The molecule has 8 nitrogen and oxygen atoms in total. The molecule has 1 atom stereocenters. The van der Waals surface area contributed by atoms with Gasteiger partial charge in [-0.25, -0.2) is 4.79 Å². The second kappa shape index (κ2) is 8.81. The molecule has 0 aliphatic carbocycles. The second-order valence-electron chi connectivity index (χ2n) is 5.71. The summed E-state index contributed by atoms with van der Waals surface area (Å²) in [6, 6.07) is 8.34. The highest BCUT2D eigenvalue weighted by molar-refractivity contribution is 5.90. The Kier molecular flexibility index (Phi) is 6.01. The molecule has 2 aromatic heterocycles. The molecule has 3 aromatic rings. The maximum absolute atomic E-state index is 12.5. The van der Waals surface area contributed by atoms with E-state index in [2.05, 4.69) is 21.7 Å². The minimum Gasteiger partial charge on any atom is -0.493 e. The normalized spacial score (nSPS) is 11.5. The summed E-state index contributed by atoms with van der Waals surface area (Å²) in [7, 11) is 1.49. The van der Waals surface area contributed by atoms with E-state index >= 15 is 0 Å². The highest BCUT2D eigenvalue weighted by Gasteiger charge is 2.21. The molecule has 0 aliphatic rings. The lowest BCUT2D eigenvalue weighted by Crippen LogP contribution is -2.10. The summed E-state index contributed by atoms with van der Waals surface area (Å²) in [6.45, 7) is 5.57. The van der Waals surface area contributed by atoms with Gasteiger partial charge in [-0.15, -0.1) is 0 Å². The maximum Gasteiger partial charge on any atom is 0.339 e. The lowest BCUT2D eigenvalue weighted by molar-refractivity contribution is 0.0265. The first-order chi connectivity index (χ1) is 13.6. The Morgan fingerprint density at radius 3 is 2.89 bits per heavy atom. The van der Waals surface area contributed by atoms with Crippen LogP contribution in [0.1, 0.15) is 29.3 Å². The van der Waals surface area contributed by atoms with Gasteiger partial charge in [-0.05, 0) is 37.3 Å². The lowest BCUT2D eigenvalue weighted by atomic mass is 10.2. The molecule has 0 radical (unpaired) electrons. The number of methoxy groups -OCH3 is 1. The largest absolute Gasteiger partial charge is 0.493 e. The van der Waals surface area contributed by atoms with Crippen LogP contribution < -0.4 is 9.47 Å². The number of nitrogens with zero attached hydrogens (tertiary/aromatic N) is 3. The first kappa shape index (κ1) is 19.1. The number of hydrogen-bond acceptors (Lipinski definition) is 8. The van der Waals surface area contributed by atoms with E-state index in [1.165, 1.54) is 7.11 Å². The average molecular weight is 381 g/mol. The van der Waals surface area contributed by atoms with Crippen molar-refractivity contribution >= 4 is 5.97 Å². The number of ether oxygens (including phenoxy) is 3. The van der Waals surface area contributed by atoms with Crippen molar-refractivity contribution in [2.24, 2.45) is 0 Å². The van der Waals surface area contributed by atoms with Crippen LogP contribution in [0.25, 0.3) is 11.4 Å². The number of rotatable bonds is 8. The van der Waals surface area contributed by atoms with Gasteiger partial charge in [0.05, 0.1) is 12.7 Å². The Balaban J connectivity index is 1.70. The number of hydrogen-bond donors (Lipinski definition) is 0. The topological polar surface area (TPSA) is 96.6 Å². The molecule has 1 aromatic carbocycles. The molecule has 1 unspecified atom stereocenters. The molecule has 0 N–H and O–H groups in total. The standard InChI is InChI=1S/C20H19N3O5/c1-4-10-26-16-8-7-14(11-17(16)25-3)20(24)27-13(2)19-22-18(23-28-19)15-6-5-9-21-12-15/h4-9,11-13H,1,10H2,2-3H3. The van der Waals surface area contributed by atoms with Gasteiger partial charge in [0.2, 0.25) is 5.82 Å². The molecule has 28 heavy (non-hydrogen) atoms. The molecule has 144 valence electrons. The lowest BCUT2D eigenvalue weighted by Gasteiger charge is -2.12. The highest BCUT2D eigenvalue weighted by Crippen LogP contribution is 2.29. The van der Waals surface area contributed by atoms with Crippen LogP contribution in [0.15, 0.2) is 59.9 Å². The van der Waals surface area contributed by atoms with E-state index < -0.39 is 12.1 Å². The number of benzene rings is 1. The monoisotopic (exact) mass is 381 g/mol. The fraction of sp³-hybridized carbons (Fsp3) is 0.200. The molecule has 0 bridgehead atoms. The van der Waals surface area contributed by atoms with Crippen molar-refractivity contribution in [2.75, 3.05) is 13.7 Å². The predicted molar refractivity (Wildman–Crippen MR) is 100 cm³/mol. The van der Waals surface area contributed by atoms with Crippen molar-refractivity contribution in [1.82, 2.24) is 15.1 Å². The first-order valence-corrected chi connectivity index (χ1v) is 8.49. The minimum absolute atomic E-state index is 0.185. The summed E-state index contributed by atoms with van der Waals surface area (Å²) in [6.07, 6.45) is 4.16. The van der Waals surface area contributed by atoms with Gasteiger partial charge in [0.25, 0.3) is 5.89 Å². The Morgan fingerprint density at radius 1 is 1.32 bits per heavy atom. The van der Waals surface area contributed by atoms with Gasteiger partial charge in [-0.2, -0.15) is 4.98 Å². The van der Waals surface area contributed by atoms with Crippen LogP contribution in [0.3, 0.4) is 0 Å². The first-order valence-electron chi connectivity index (χ1n) is 8.49. The van der Waals surface area contributed by atoms with Crippen molar-refractivity contribution in [3.05, 3.63) is 66.8 Å². The van der Waals surface area contributed by atoms with E-state index in [-0.39, 0.29) is 5.89 Å². The molecule has 8 heteroatoms. The number of carbonyl (C=O) groups is 1. The predicted octanol–water partition coefficient (Wildman–Crippen LogP) is 3.62. The Bertz CT molecular complexity index is 955. The maximum atomic E-state index is 12.5. The van der Waals surface area contributed by atoms with E-state index in [9.17, 15) is 4.79 Å². The van der Waals surface area contributed by atoms with Crippen LogP contribution >= 0.6 is 0 Å². The Hall–Kier alpha value is -3.68. The smallest absolute Gasteiger partial charge is 0.339 e. The van der Waals surface area contributed by atoms with E-state index in [4.69, 9.17) is 18.7 Å². The zero-order valence-electron chi connectivity index (χ0n) is 15.5. The average Bonchev–Trinajstić information content (AvgIpc) is 3.23. The van der Waals surface area contributed by atoms with Crippen molar-refractivity contribution < 1.29 is 23.5 Å². The molecular formula is C20H19N3O5. The van der Waals surface area contributed by atoms with Crippen LogP contribution in [0.5, 0.6) is 11.5 Å². The van der Waals surface area contributed by atoms with Crippen molar-refractivity contribution in [2.45, 2.75) is 13.0 Å². The Labute approximate surface area is 161 Å². The molecule has 0 spiro atoms. The molecule has 0 amide bonds. The van der Waals surface area contributed by atoms with E-state index in [0.717, 1.165) is 0 Å². The third kappa shape index (κ3) is 4.35. The summed E-state index contributed by atoms with van der Waals surface area (Å²) in [5.41, 5.74) is 1.01. The molecule has 0 fully saturated rings. The summed E-state index contributed by atoms with van der Waals surface area (Å²) in [5, 5.41) is 3.89. The fourth-order valence-corrected chi connectivity index (χ4v) is 2.35. The minimum atomic E-state index is -0.729. The fourth-order valence-electron chi connectivity index (χ4n) is 2.35. The number of esters is 1. The zero-order valence-corrected chi connectivity index (χ0v) is 15.5. The third-order valence-corrected chi connectivity index (χ3v) is 3.75. The van der Waals surface area contributed by atoms with Gasteiger partial charge in [0.15, 0.2) is 17.6 Å².